The summed E-state index contributed by atoms with van der Waals surface area (Å²) in [6.45, 7) is 4.57. The topological polar surface area (TPSA) is 172 Å². The van der Waals surface area contributed by atoms with Gasteiger partial charge < -0.3 is 34.0 Å². The van der Waals surface area contributed by atoms with Gasteiger partial charge in [0.1, 0.15) is 29.6 Å². The monoisotopic (exact) mass is 877 g/mol. The lowest BCUT2D eigenvalue weighted by Gasteiger charge is -2.58. The number of hydrogen-bond acceptors (Lipinski definition) is 13. The molecule has 0 saturated heterocycles. The highest BCUT2D eigenvalue weighted by atomic mass is 32.2. The molecule has 14 heteroatoms. The molecule has 1 fully saturated rings. The van der Waals surface area contributed by atoms with Crippen LogP contribution in [0.3, 0.4) is 0 Å². The van der Waals surface area contributed by atoms with E-state index in [0.717, 1.165) is 66.6 Å². The Bertz CT molecular complexity index is 2250. The maximum absolute atomic E-state index is 11.9. The number of nitrogens with zero attached hydrogens (tertiary/aromatic N) is 3. The highest BCUT2D eigenvalue weighted by Crippen LogP contribution is 2.62. The van der Waals surface area contributed by atoms with Crippen LogP contribution in [-0.4, -0.2) is 75.8 Å². The summed E-state index contributed by atoms with van der Waals surface area (Å²) in [4.78, 5) is 33.2. The Labute approximate surface area is 372 Å². The average molecular weight is 878 g/mol. The van der Waals surface area contributed by atoms with Crippen molar-refractivity contribution in [2.24, 2.45) is 22.9 Å². The van der Waals surface area contributed by atoms with Gasteiger partial charge in [-0.25, -0.2) is 0 Å². The van der Waals surface area contributed by atoms with E-state index in [1.165, 1.54) is 24.8 Å². The summed E-state index contributed by atoms with van der Waals surface area (Å²) >= 11 is 1.77. The van der Waals surface area contributed by atoms with E-state index < -0.39 is 10.7 Å². The van der Waals surface area contributed by atoms with Crippen molar-refractivity contribution in [3.63, 3.8) is 0 Å². The van der Waals surface area contributed by atoms with Crippen molar-refractivity contribution in [1.82, 2.24) is 4.98 Å². The molecule has 332 valence electrons. The number of hydrogen-bond donors (Lipinski definition) is 2. The van der Waals surface area contributed by atoms with E-state index in [0.29, 0.717) is 47.8 Å². The van der Waals surface area contributed by atoms with Crippen LogP contribution in [0.15, 0.2) is 115 Å². The van der Waals surface area contributed by atoms with Crippen LogP contribution in [0.4, 0.5) is 5.69 Å². The average Bonchev–Trinajstić information content (AvgIpc) is 3.30. The Balaban J connectivity index is 1.35. The number of fused-ring (bicyclic) bond motifs is 2. The summed E-state index contributed by atoms with van der Waals surface area (Å²) < 4.78 is 26.2. The Hall–Kier alpha value is -5.54. The number of aromatic nitrogens is 1. The van der Waals surface area contributed by atoms with Crippen molar-refractivity contribution in [1.29, 1.82) is 0 Å². The highest BCUT2D eigenvalue weighted by molar-refractivity contribution is 8.00. The predicted octanol–water partition coefficient (Wildman–Crippen LogP) is 9.41. The molecule has 2 N–H and O–H groups in total. The third kappa shape index (κ3) is 10.5. The van der Waals surface area contributed by atoms with Crippen molar-refractivity contribution in [2.45, 2.75) is 74.9 Å². The second-order valence-electron chi connectivity index (χ2n) is 16.0. The number of aliphatic hydroxyl groups is 2. The van der Waals surface area contributed by atoms with Gasteiger partial charge in [0.15, 0.2) is 6.29 Å². The van der Waals surface area contributed by atoms with Crippen LogP contribution in [-0.2, 0) is 22.6 Å². The summed E-state index contributed by atoms with van der Waals surface area (Å²) in [5.74, 6) is 1.44. The van der Waals surface area contributed by atoms with E-state index in [4.69, 9.17) is 28.9 Å². The van der Waals surface area contributed by atoms with E-state index in [9.17, 15) is 25.1 Å². The fraction of sp³-hybridized carbons (Fsp3) is 0.408. The van der Waals surface area contributed by atoms with Gasteiger partial charge in [-0.15, -0.1) is 6.58 Å². The summed E-state index contributed by atoms with van der Waals surface area (Å²) in [5, 5.41) is 35.8. The first-order chi connectivity index (χ1) is 30.8. The molecule has 63 heavy (non-hydrogen) atoms. The maximum Gasteiger partial charge on any atom is 0.269 e. The largest absolute Gasteiger partial charge is 0.496 e. The number of carbonyl (C=O) groups is 1. The summed E-state index contributed by atoms with van der Waals surface area (Å²) in [6.07, 6.45) is 14.3. The number of ether oxygens (including phenoxy) is 4. The van der Waals surface area contributed by atoms with Crippen LogP contribution in [0.2, 0.25) is 0 Å². The number of nitro groups is 1. The van der Waals surface area contributed by atoms with Gasteiger partial charge in [0, 0.05) is 55.6 Å². The molecule has 1 aromatic heterocycles. The number of aliphatic hydroxyl groups excluding tert-OH is 2. The molecular weight excluding hydrogens is 823 g/mol. The Morgan fingerprint density at radius 2 is 1.73 bits per heavy atom. The molecule has 13 nitrogen and oxygen atoms in total. The van der Waals surface area contributed by atoms with Crippen molar-refractivity contribution in [3.05, 3.63) is 142 Å². The van der Waals surface area contributed by atoms with Crippen LogP contribution in [0, 0.1) is 27.9 Å². The Kier molecular flexibility index (Phi) is 15.7. The third-order valence-corrected chi connectivity index (χ3v) is 13.5. The van der Waals surface area contributed by atoms with E-state index in [2.05, 4.69) is 17.6 Å². The summed E-state index contributed by atoms with van der Waals surface area (Å²) in [6, 6.07) is 21.3. The number of thioether (sulfide) groups is 1. The third-order valence-electron chi connectivity index (χ3n) is 12.2. The molecule has 6 atom stereocenters. The van der Waals surface area contributed by atoms with Crippen molar-refractivity contribution >= 4 is 29.4 Å². The maximum atomic E-state index is 11.9. The summed E-state index contributed by atoms with van der Waals surface area (Å²) in [7, 11) is 1.52. The number of pyridine rings is 1. The van der Waals surface area contributed by atoms with E-state index in [-0.39, 0.29) is 61.0 Å². The number of methoxy groups -OCH3 is 1. The molecule has 7 rings (SSSR count). The van der Waals surface area contributed by atoms with Gasteiger partial charge in [-0.1, -0.05) is 30.1 Å². The standard InChI is InChI=1S/C49H55N3O10S/c1-3-25-59-49-46(63-26-20-33-18-21-50-22-19-33)30-43(51-60-32-34-10-12-37(13-11-34)52(56)57)41-28-35(8-4-6-23-53)40(9-5-7-24-54)47(48(41)49)42-29-39(15-17-45(42)62-49)61-38-14-16-44(58-2)36(27-38)31-55/h3,10-19,21-22,27-29,31,35,40,46-48,53-54H,1,4-9,20,23-26,30,32H2,2H3/t35-,40+,46-,47+,48+,49+/m0/s1. The molecule has 0 radical (unpaired) electrons. The first-order valence-electron chi connectivity index (χ1n) is 21.6. The lowest BCUT2D eigenvalue weighted by molar-refractivity contribution is -0.384. The molecule has 2 heterocycles. The lowest BCUT2D eigenvalue weighted by Crippen LogP contribution is -2.64. The van der Waals surface area contributed by atoms with E-state index >= 15 is 0 Å². The number of carbonyl (C=O) groups excluding carboxylic acids is 1. The van der Waals surface area contributed by atoms with Gasteiger partial charge in [-0.2, -0.15) is 11.8 Å². The molecule has 2 aliphatic carbocycles. The Morgan fingerprint density at radius 3 is 2.44 bits per heavy atom. The second-order valence-corrected chi connectivity index (χ2v) is 17.4. The van der Waals surface area contributed by atoms with Crippen LogP contribution in [0.5, 0.6) is 23.0 Å². The number of oxime groups is 1. The second kappa shape index (κ2) is 21.7. The molecule has 3 aromatic carbocycles. The van der Waals surface area contributed by atoms with Gasteiger partial charge >= 0.3 is 0 Å². The fourth-order valence-corrected chi connectivity index (χ4v) is 10.7. The first kappa shape index (κ1) is 45.5. The number of benzene rings is 3. The Morgan fingerprint density at radius 1 is 0.984 bits per heavy atom. The smallest absolute Gasteiger partial charge is 0.269 e. The molecule has 1 saturated carbocycles. The normalized spacial score (nSPS) is 22.8. The number of allylic oxidation sites excluding steroid dienone is 1. The highest BCUT2D eigenvalue weighted by Gasteiger charge is 2.64. The number of nitro benzene ring substituents is 1. The van der Waals surface area contributed by atoms with Crippen LogP contribution < -0.4 is 14.2 Å². The molecule has 0 unspecified atom stereocenters. The lowest BCUT2D eigenvalue weighted by atomic mass is 9.56. The van der Waals surface area contributed by atoms with Crippen molar-refractivity contribution < 1.29 is 43.7 Å². The minimum absolute atomic E-state index is 0.000114. The van der Waals surface area contributed by atoms with Crippen molar-refractivity contribution in [2.75, 3.05) is 32.7 Å². The van der Waals surface area contributed by atoms with Gasteiger partial charge in [-0.05, 0) is 127 Å². The SMILES string of the molecule is C=CCO[C@@]12Oc3ccc(Oc4ccc(OC)c(C=O)c4)cc3[C@H]3[C@H](CCCCO)[C@@H](CCCCO)C=C(C(=NOCc4ccc([N+](=O)[O-])cc4)C[C@@H]1SCCc1ccncc1)[C@H]32. The van der Waals surface area contributed by atoms with Gasteiger partial charge in [0.25, 0.3) is 5.69 Å². The van der Waals surface area contributed by atoms with Gasteiger partial charge in [0.2, 0.25) is 5.79 Å². The summed E-state index contributed by atoms with van der Waals surface area (Å²) in [5.41, 5.74) is 5.00. The molecule has 4 aromatic rings. The van der Waals surface area contributed by atoms with Gasteiger partial charge in [-0.3, -0.25) is 19.9 Å². The zero-order chi connectivity index (χ0) is 44.2. The number of aldehydes is 1. The molecule has 0 spiro atoms. The number of non-ortho nitro benzene ring substituents is 1. The molecular formula is C49H55N3O10S. The van der Waals surface area contributed by atoms with Crippen LogP contribution in [0.1, 0.15) is 77.9 Å². The fourth-order valence-electron chi connectivity index (χ4n) is 9.31. The molecule has 0 amide bonds. The minimum atomic E-state index is -1.15. The predicted molar refractivity (Wildman–Crippen MR) is 242 cm³/mol. The number of unbranched alkanes of at least 4 members (excludes halogenated alkanes) is 2. The molecule has 0 bridgehead atoms. The van der Waals surface area contributed by atoms with Crippen LogP contribution >= 0.6 is 11.8 Å². The van der Waals surface area contributed by atoms with E-state index in [1.54, 1.807) is 60.6 Å². The first-order valence-corrected chi connectivity index (χ1v) is 22.6. The molecule has 3 aliphatic rings. The van der Waals surface area contributed by atoms with Crippen molar-refractivity contribution in [3.8, 4) is 23.0 Å². The number of aryl methyl sites for hydroxylation is 1. The van der Waals surface area contributed by atoms with Gasteiger partial charge in [0.05, 0.1) is 41.1 Å². The number of rotatable bonds is 23. The zero-order valence-electron chi connectivity index (χ0n) is 35.5. The van der Waals surface area contributed by atoms with Crippen LogP contribution in [0.25, 0.3) is 0 Å². The quantitative estimate of drug-likeness (QED) is 0.0238. The molecule has 1 aliphatic heterocycles. The zero-order valence-corrected chi connectivity index (χ0v) is 36.3. The van der Waals surface area contributed by atoms with E-state index in [1.807, 2.05) is 30.3 Å². The minimum Gasteiger partial charge on any atom is -0.496 e.